The molecule has 0 fully saturated rings. The number of hydrogen-bond acceptors (Lipinski definition) is 4. The minimum absolute atomic E-state index is 0.112. The number of rotatable bonds is 23. The average Bonchev–Trinajstić information content (AvgIpc) is 2.78. The van der Waals surface area contributed by atoms with Gasteiger partial charge in [0.1, 0.15) is 6.04 Å². The van der Waals surface area contributed by atoms with Gasteiger partial charge in [0.15, 0.2) is 5.96 Å². The molecule has 0 aliphatic carbocycles. The molecule has 0 aromatic rings. The second-order valence-electron chi connectivity index (χ2n) is 9.23. The third kappa shape index (κ3) is 32.4. The van der Waals surface area contributed by atoms with Gasteiger partial charge < -0.3 is 27.0 Å². The largest absolute Gasteiger partial charge is 0.481 e. The van der Waals surface area contributed by atoms with Crippen molar-refractivity contribution in [2.45, 2.75) is 141 Å². The van der Waals surface area contributed by atoms with Crippen LogP contribution in [-0.2, 0) is 9.59 Å². The van der Waals surface area contributed by atoms with E-state index in [9.17, 15) is 9.59 Å². The van der Waals surface area contributed by atoms with Crippen molar-refractivity contribution in [3.8, 4) is 0 Å². The summed E-state index contributed by atoms with van der Waals surface area (Å²) in [6.07, 6.45) is 24.1. The molecule has 0 aromatic carbocycles. The third-order valence-corrected chi connectivity index (χ3v) is 5.82. The lowest BCUT2D eigenvalue weighted by molar-refractivity contribution is -0.139. The van der Waals surface area contributed by atoms with Crippen molar-refractivity contribution in [3.05, 3.63) is 0 Å². The molecule has 0 aromatic heterocycles. The summed E-state index contributed by atoms with van der Waals surface area (Å²) >= 11 is 0. The first-order chi connectivity index (χ1) is 16.3. The summed E-state index contributed by atoms with van der Waals surface area (Å²) in [4.78, 5) is 20.6. The molecule has 0 amide bonds. The van der Waals surface area contributed by atoms with Crippen molar-refractivity contribution in [2.24, 2.45) is 11.5 Å². The lowest BCUT2D eigenvalue weighted by atomic mass is 10.0. The highest BCUT2D eigenvalue weighted by atomic mass is 16.4. The van der Waals surface area contributed by atoms with E-state index in [0.717, 1.165) is 12.8 Å². The first-order valence-corrected chi connectivity index (χ1v) is 13.6. The summed E-state index contributed by atoms with van der Waals surface area (Å²) in [7, 11) is 0. The van der Waals surface area contributed by atoms with Crippen molar-refractivity contribution in [2.75, 3.05) is 6.54 Å². The Bertz CT molecular complexity index is 489. The molecular weight excluding hydrogens is 432 g/mol. The van der Waals surface area contributed by atoms with Gasteiger partial charge in [-0.15, -0.1) is 0 Å². The van der Waals surface area contributed by atoms with Gasteiger partial charge in [0, 0.05) is 13.0 Å². The molecule has 202 valence electrons. The Labute approximate surface area is 208 Å². The SMILES string of the molecule is CCCCCCCCCCCCCCCCCCCC(=O)O.N=C(N)NCCCC(N)C(=O)O. The standard InChI is InChI=1S/C20H40O2.C6H14N4O2/c1-2-3-4-5-6-7-8-9-10-11-12-13-14-15-16-17-18-19-20(21)22;7-4(5(11)12)2-1-3-10-6(8)9/h2-19H2,1H3,(H,21,22);4H,1-3,7H2,(H,11,12)(H4,8,9,10). The van der Waals surface area contributed by atoms with Gasteiger partial charge >= 0.3 is 11.9 Å². The summed E-state index contributed by atoms with van der Waals surface area (Å²) < 4.78 is 0. The average molecular weight is 487 g/mol. The molecular formula is C26H54N4O4. The highest BCUT2D eigenvalue weighted by Gasteiger charge is 2.09. The summed E-state index contributed by atoms with van der Waals surface area (Å²) in [5.41, 5.74) is 10.2. The maximum atomic E-state index is 10.4. The van der Waals surface area contributed by atoms with E-state index >= 15 is 0 Å². The number of hydrogen-bond donors (Lipinski definition) is 6. The maximum Gasteiger partial charge on any atom is 0.320 e. The zero-order chi connectivity index (χ0) is 25.9. The molecule has 34 heavy (non-hydrogen) atoms. The Morgan fingerprint density at radius 3 is 1.44 bits per heavy atom. The van der Waals surface area contributed by atoms with E-state index in [2.05, 4.69) is 12.2 Å². The van der Waals surface area contributed by atoms with Crippen LogP contribution in [0.3, 0.4) is 0 Å². The number of carboxylic acids is 2. The van der Waals surface area contributed by atoms with E-state index in [1.54, 1.807) is 0 Å². The van der Waals surface area contributed by atoms with Crippen LogP contribution in [0.1, 0.15) is 135 Å². The highest BCUT2D eigenvalue weighted by molar-refractivity contribution is 5.74. The summed E-state index contributed by atoms with van der Waals surface area (Å²) in [6, 6.07) is -0.821. The van der Waals surface area contributed by atoms with Gasteiger partial charge in [-0.3, -0.25) is 15.0 Å². The molecule has 8 nitrogen and oxygen atoms in total. The van der Waals surface area contributed by atoms with Crippen LogP contribution in [0.4, 0.5) is 0 Å². The molecule has 0 spiro atoms. The lowest BCUT2D eigenvalue weighted by Crippen LogP contribution is -2.34. The number of carboxylic acid groups (broad SMARTS) is 2. The molecule has 0 aliphatic rings. The van der Waals surface area contributed by atoms with E-state index in [4.69, 9.17) is 27.1 Å². The number of aliphatic carboxylic acids is 2. The number of unbranched alkanes of at least 4 members (excludes halogenated alkanes) is 16. The maximum absolute atomic E-state index is 10.4. The fourth-order valence-electron chi connectivity index (χ4n) is 3.67. The highest BCUT2D eigenvalue weighted by Crippen LogP contribution is 2.14. The molecule has 0 radical (unpaired) electrons. The van der Waals surface area contributed by atoms with Gasteiger partial charge in [-0.25, -0.2) is 0 Å². The van der Waals surface area contributed by atoms with Gasteiger partial charge in [-0.05, 0) is 19.3 Å². The van der Waals surface area contributed by atoms with Crippen molar-refractivity contribution in [1.29, 1.82) is 5.41 Å². The zero-order valence-electron chi connectivity index (χ0n) is 21.8. The number of nitrogens with two attached hydrogens (primary N) is 2. The van der Waals surface area contributed by atoms with Crippen molar-refractivity contribution >= 4 is 17.9 Å². The monoisotopic (exact) mass is 486 g/mol. The second kappa shape index (κ2) is 27.4. The summed E-state index contributed by atoms with van der Waals surface area (Å²) in [5.74, 6) is -1.77. The molecule has 0 bridgehead atoms. The quantitative estimate of drug-likeness (QED) is 0.0606. The third-order valence-electron chi connectivity index (χ3n) is 5.82. The minimum Gasteiger partial charge on any atom is -0.481 e. The number of nitrogens with one attached hydrogen (secondary N) is 2. The normalized spacial score (nSPS) is 11.4. The smallest absolute Gasteiger partial charge is 0.320 e. The lowest BCUT2D eigenvalue weighted by Gasteiger charge is -2.06. The molecule has 0 aliphatic heterocycles. The van der Waals surface area contributed by atoms with Crippen LogP contribution in [-0.4, -0.2) is 40.7 Å². The summed E-state index contributed by atoms with van der Waals surface area (Å²) in [5, 5.41) is 26.3. The second-order valence-corrected chi connectivity index (χ2v) is 9.23. The van der Waals surface area contributed by atoms with Gasteiger partial charge in [0.25, 0.3) is 0 Å². The van der Waals surface area contributed by atoms with Gasteiger partial charge in [0.2, 0.25) is 0 Å². The van der Waals surface area contributed by atoms with Gasteiger partial charge in [0.05, 0.1) is 0 Å². The van der Waals surface area contributed by atoms with E-state index in [1.807, 2.05) is 0 Å². The van der Waals surface area contributed by atoms with Crippen molar-refractivity contribution in [3.63, 3.8) is 0 Å². The van der Waals surface area contributed by atoms with Gasteiger partial charge in [-0.1, -0.05) is 110 Å². The molecule has 1 atom stereocenters. The van der Waals surface area contributed by atoms with Crippen LogP contribution >= 0.6 is 0 Å². The molecule has 8 heteroatoms. The van der Waals surface area contributed by atoms with Crippen LogP contribution in [0.5, 0.6) is 0 Å². The molecule has 0 heterocycles. The van der Waals surface area contributed by atoms with Crippen LogP contribution in [0, 0.1) is 5.41 Å². The molecule has 0 saturated heterocycles. The Morgan fingerprint density at radius 1 is 0.735 bits per heavy atom. The molecule has 8 N–H and O–H groups in total. The Hall–Kier alpha value is -1.83. The van der Waals surface area contributed by atoms with Crippen molar-refractivity contribution in [1.82, 2.24) is 5.32 Å². The Kier molecular flexibility index (Phi) is 27.7. The number of guanidine groups is 1. The fraction of sp³-hybridized carbons (Fsp3) is 0.885. The zero-order valence-corrected chi connectivity index (χ0v) is 21.8. The Morgan fingerprint density at radius 2 is 1.12 bits per heavy atom. The predicted molar refractivity (Wildman–Crippen MR) is 141 cm³/mol. The van der Waals surface area contributed by atoms with Crippen LogP contribution in [0.25, 0.3) is 0 Å². The predicted octanol–water partition coefficient (Wildman–Crippen LogP) is 5.77. The van der Waals surface area contributed by atoms with E-state index < -0.39 is 18.0 Å². The Balaban J connectivity index is 0. The van der Waals surface area contributed by atoms with Crippen LogP contribution < -0.4 is 16.8 Å². The molecule has 0 rings (SSSR count). The van der Waals surface area contributed by atoms with Crippen molar-refractivity contribution < 1.29 is 19.8 Å². The first kappa shape index (κ1) is 34.3. The molecule has 0 saturated carbocycles. The summed E-state index contributed by atoms with van der Waals surface area (Å²) in [6.45, 7) is 2.76. The van der Waals surface area contributed by atoms with Crippen LogP contribution in [0.2, 0.25) is 0 Å². The fourth-order valence-corrected chi connectivity index (χ4v) is 3.67. The topological polar surface area (TPSA) is 163 Å². The van der Waals surface area contributed by atoms with E-state index in [-0.39, 0.29) is 5.96 Å². The van der Waals surface area contributed by atoms with Gasteiger partial charge in [-0.2, -0.15) is 0 Å². The first-order valence-electron chi connectivity index (χ1n) is 13.6. The number of carbonyl (C=O) groups is 2. The molecule has 1 unspecified atom stereocenters. The van der Waals surface area contributed by atoms with E-state index in [0.29, 0.717) is 25.8 Å². The van der Waals surface area contributed by atoms with Crippen LogP contribution in [0.15, 0.2) is 0 Å². The minimum atomic E-state index is -1.00. The van der Waals surface area contributed by atoms with E-state index in [1.165, 1.54) is 96.3 Å².